The lowest BCUT2D eigenvalue weighted by Crippen LogP contribution is -2.23. The maximum Gasteiger partial charge on any atom is 0.258 e. The van der Waals surface area contributed by atoms with Crippen LogP contribution in [0.1, 0.15) is 42.7 Å². The van der Waals surface area contributed by atoms with Crippen LogP contribution < -0.4 is 5.32 Å². The monoisotopic (exact) mass is 345 g/mol. The third-order valence-electron chi connectivity index (χ3n) is 3.67. The summed E-state index contributed by atoms with van der Waals surface area (Å²) < 4.78 is 10.3. The van der Waals surface area contributed by atoms with Crippen LogP contribution in [0, 0.1) is 0 Å². The first-order valence-corrected chi connectivity index (χ1v) is 8.66. The fraction of sp³-hybridized carbons (Fsp3) is 0.400. The minimum absolute atomic E-state index is 0.122. The number of nitrogens with one attached hydrogen (secondary N) is 1. The quantitative estimate of drug-likeness (QED) is 0.700. The normalized spacial score (nSPS) is 14.0. The lowest BCUT2D eigenvalue weighted by atomic mass is 10.3. The van der Waals surface area contributed by atoms with Crippen LogP contribution in [-0.4, -0.2) is 26.2 Å². The molecule has 1 fully saturated rings. The van der Waals surface area contributed by atoms with Crippen molar-refractivity contribution >= 4 is 17.2 Å². The molecule has 3 heterocycles. The van der Waals surface area contributed by atoms with Crippen molar-refractivity contribution in [2.45, 2.75) is 38.1 Å². The summed E-state index contributed by atoms with van der Waals surface area (Å²) in [4.78, 5) is 20.4. The summed E-state index contributed by atoms with van der Waals surface area (Å²) in [7, 11) is 0. The topological polar surface area (TPSA) is 107 Å². The van der Waals surface area contributed by atoms with E-state index in [9.17, 15) is 4.79 Å². The molecule has 0 unspecified atom stereocenters. The number of carbonyl (C=O) groups is 1. The van der Waals surface area contributed by atoms with Gasteiger partial charge in [-0.3, -0.25) is 4.79 Å². The van der Waals surface area contributed by atoms with Crippen LogP contribution >= 0.6 is 11.3 Å². The largest absolute Gasteiger partial charge is 0.349 e. The van der Waals surface area contributed by atoms with Crippen LogP contribution in [0.5, 0.6) is 0 Å². The van der Waals surface area contributed by atoms with Gasteiger partial charge in [-0.2, -0.15) is 21.3 Å². The molecule has 24 heavy (non-hydrogen) atoms. The number of thiophene rings is 1. The van der Waals surface area contributed by atoms with Crippen molar-refractivity contribution < 1.29 is 13.8 Å². The molecule has 124 valence electrons. The molecule has 1 aliphatic carbocycles. The van der Waals surface area contributed by atoms with E-state index in [2.05, 4.69) is 25.6 Å². The Hall–Kier alpha value is -2.55. The smallest absolute Gasteiger partial charge is 0.258 e. The molecule has 4 rings (SSSR count). The third kappa shape index (κ3) is 3.51. The Morgan fingerprint density at radius 2 is 2.21 bits per heavy atom. The van der Waals surface area contributed by atoms with Crippen molar-refractivity contribution in [1.82, 2.24) is 25.6 Å². The molecule has 0 saturated heterocycles. The average molecular weight is 345 g/mol. The Balaban J connectivity index is 1.24. The fourth-order valence-corrected chi connectivity index (χ4v) is 2.82. The van der Waals surface area contributed by atoms with E-state index in [1.165, 1.54) is 0 Å². The van der Waals surface area contributed by atoms with E-state index in [0.29, 0.717) is 29.9 Å². The molecule has 0 radical (unpaired) electrons. The second kappa shape index (κ2) is 6.52. The number of hydrogen-bond donors (Lipinski definition) is 1. The summed E-state index contributed by atoms with van der Waals surface area (Å²) in [5.41, 5.74) is 0.882. The maximum absolute atomic E-state index is 11.9. The van der Waals surface area contributed by atoms with E-state index in [-0.39, 0.29) is 18.9 Å². The Labute approximate surface area is 141 Å². The summed E-state index contributed by atoms with van der Waals surface area (Å²) in [6, 6.07) is 1.90. The molecule has 0 bridgehead atoms. The molecule has 0 aromatic carbocycles. The molecule has 1 N–H and O–H groups in total. The molecule has 1 saturated carbocycles. The van der Waals surface area contributed by atoms with Crippen LogP contribution in [-0.2, 0) is 17.8 Å². The summed E-state index contributed by atoms with van der Waals surface area (Å²) in [6.07, 6.45) is 2.95. The molecule has 3 aromatic rings. The van der Waals surface area contributed by atoms with Gasteiger partial charge in [0.25, 0.3) is 5.89 Å². The SMILES string of the molecule is O=C(CCc1nc(C2CC2)no1)NCc1noc(-c2ccsc2)n1. The van der Waals surface area contributed by atoms with E-state index in [1.54, 1.807) is 11.3 Å². The number of amides is 1. The van der Waals surface area contributed by atoms with Crippen LogP contribution in [0.2, 0.25) is 0 Å². The molecular formula is C15H15N5O3S. The Morgan fingerprint density at radius 1 is 1.29 bits per heavy atom. The zero-order valence-electron chi connectivity index (χ0n) is 12.8. The van der Waals surface area contributed by atoms with Crippen LogP contribution in [0.25, 0.3) is 11.5 Å². The van der Waals surface area contributed by atoms with E-state index >= 15 is 0 Å². The van der Waals surface area contributed by atoms with Gasteiger partial charge in [-0.15, -0.1) is 0 Å². The van der Waals surface area contributed by atoms with Crippen LogP contribution in [0.3, 0.4) is 0 Å². The molecule has 9 heteroatoms. The van der Waals surface area contributed by atoms with Crippen molar-refractivity contribution in [3.05, 3.63) is 34.4 Å². The molecule has 0 atom stereocenters. The van der Waals surface area contributed by atoms with Gasteiger partial charge in [-0.25, -0.2) is 0 Å². The van der Waals surface area contributed by atoms with E-state index in [1.807, 2.05) is 16.8 Å². The summed E-state index contributed by atoms with van der Waals surface area (Å²) >= 11 is 1.56. The summed E-state index contributed by atoms with van der Waals surface area (Å²) in [6.45, 7) is 0.226. The second-order valence-corrected chi connectivity index (χ2v) is 6.41. The van der Waals surface area contributed by atoms with Crippen molar-refractivity contribution in [3.8, 4) is 11.5 Å². The van der Waals surface area contributed by atoms with Gasteiger partial charge < -0.3 is 14.4 Å². The molecule has 0 spiro atoms. The van der Waals surface area contributed by atoms with Crippen molar-refractivity contribution in [1.29, 1.82) is 0 Å². The lowest BCUT2D eigenvalue weighted by molar-refractivity contribution is -0.121. The fourth-order valence-electron chi connectivity index (χ4n) is 2.19. The van der Waals surface area contributed by atoms with Crippen molar-refractivity contribution in [2.75, 3.05) is 0 Å². The predicted molar refractivity (Wildman–Crippen MR) is 84.1 cm³/mol. The highest BCUT2D eigenvalue weighted by Crippen LogP contribution is 2.38. The van der Waals surface area contributed by atoms with Gasteiger partial charge in [0.05, 0.1) is 12.1 Å². The highest BCUT2D eigenvalue weighted by atomic mass is 32.1. The lowest BCUT2D eigenvalue weighted by Gasteiger charge is -1.99. The maximum atomic E-state index is 11.9. The Bertz CT molecular complexity index is 822. The molecule has 1 amide bonds. The van der Waals surface area contributed by atoms with E-state index in [0.717, 1.165) is 24.2 Å². The van der Waals surface area contributed by atoms with Crippen LogP contribution in [0.4, 0.5) is 0 Å². The van der Waals surface area contributed by atoms with Gasteiger partial charge in [0, 0.05) is 24.1 Å². The minimum Gasteiger partial charge on any atom is -0.349 e. The third-order valence-corrected chi connectivity index (χ3v) is 4.36. The number of carbonyl (C=O) groups excluding carboxylic acids is 1. The zero-order chi connectivity index (χ0) is 16.4. The van der Waals surface area contributed by atoms with Gasteiger partial charge in [0.1, 0.15) is 0 Å². The van der Waals surface area contributed by atoms with Crippen molar-refractivity contribution in [2.24, 2.45) is 0 Å². The number of hydrogen-bond acceptors (Lipinski definition) is 8. The Morgan fingerprint density at radius 3 is 3.00 bits per heavy atom. The second-order valence-electron chi connectivity index (χ2n) is 5.63. The number of nitrogens with zero attached hydrogens (tertiary/aromatic N) is 4. The van der Waals surface area contributed by atoms with Gasteiger partial charge in [-0.1, -0.05) is 10.3 Å². The first kappa shape index (κ1) is 15.0. The number of rotatable bonds is 7. The first-order chi connectivity index (χ1) is 11.8. The summed E-state index contributed by atoms with van der Waals surface area (Å²) in [5.74, 6) is 2.50. The van der Waals surface area contributed by atoms with Gasteiger partial charge in [-0.05, 0) is 24.3 Å². The number of aromatic nitrogens is 4. The highest BCUT2D eigenvalue weighted by molar-refractivity contribution is 7.08. The average Bonchev–Trinajstić information content (AvgIpc) is 3.03. The molecular weight excluding hydrogens is 330 g/mol. The minimum atomic E-state index is -0.122. The molecule has 1 aliphatic rings. The molecule has 0 aliphatic heterocycles. The number of aryl methyl sites for hydroxylation is 1. The van der Waals surface area contributed by atoms with Gasteiger partial charge >= 0.3 is 0 Å². The standard InChI is InChI=1S/C15H15N5O3S/c21-12(3-4-13-18-14(20-22-13)9-1-2-9)16-7-11-17-15(23-19-11)10-5-6-24-8-10/h5-6,8-9H,1-4,7H2,(H,16,21). The van der Waals surface area contributed by atoms with E-state index in [4.69, 9.17) is 9.05 Å². The first-order valence-electron chi connectivity index (χ1n) is 7.72. The van der Waals surface area contributed by atoms with Crippen molar-refractivity contribution in [3.63, 3.8) is 0 Å². The molecule has 8 nitrogen and oxygen atoms in total. The van der Waals surface area contributed by atoms with Gasteiger partial charge in [0.2, 0.25) is 11.8 Å². The van der Waals surface area contributed by atoms with Gasteiger partial charge in [0.15, 0.2) is 11.6 Å². The predicted octanol–water partition coefficient (Wildman–Crippen LogP) is 2.31. The summed E-state index contributed by atoms with van der Waals surface area (Å²) in [5, 5.41) is 14.4. The highest BCUT2D eigenvalue weighted by Gasteiger charge is 2.28. The Kier molecular flexibility index (Phi) is 4.08. The van der Waals surface area contributed by atoms with E-state index < -0.39 is 0 Å². The van der Waals surface area contributed by atoms with Crippen LogP contribution in [0.15, 0.2) is 25.9 Å². The molecule has 3 aromatic heterocycles. The zero-order valence-corrected chi connectivity index (χ0v) is 13.6.